The Hall–Kier alpha value is -1.46. The minimum atomic E-state index is -0.526. The van der Waals surface area contributed by atoms with Crippen molar-refractivity contribution in [2.24, 2.45) is 5.73 Å². The van der Waals surface area contributed by atoms with Crippen LogP contribution in [0, 0.1) is 6.92 Å². The first kappa shape index (κ1) is 15.9. The zero-order valence-electron chi connectivity index (χ0n) is 12.7. The highest BCUT2D eigenvalue weighted by Gasteiger charge is 2.37. The quantitative estimate of drug-likeness (QED) is 0.826. The summed E-state index contributed by atoms with van der Waals surface area (Å²) in [6.07, 6.45) is 1.92. The lowest BCUT2D eigenvalue weighted by molar-refractivity contribution is -0.122. The molecule has 0 saturated carbocycles. The SMILES string of the molecule is Cc1ccccc1CC(=O)NC1(C(N)=S)CCN(C)CC1. The summed E-state index contributed by atoms with van der Waals surface area (Å²) in [5.74, 6) is -0.0124. The molecule has 1 saturated heterocycles. The molecule has 21 heavy (non-hydrogen) atoms. The predicted octanol–water partition coefficient (Wildman–Crippen LogP) is 1.40. The number of piperidine rings is 1. The maximum absolute atomic E-state index is 12.4. The Morgan fingerprint density at radius 2 is 2.00 bits per heavy atom. The van der Waals surface area contributed by atoms with Gasteiger partial charge >= 0.3 is 0 Å². The first-order valence-electron chi connectivity index (χ1n) is 7.27. The van der Waals surface area contributed by atoms with Crippen molar-refractivity contribution >= 4 is 23.1 Å². The summed E-state index contributed by atoms with van der Waals surface area (Å²) < 4.78 is 0. The van der Waals surface area contributed by atoms with Gasteiger partial charge in [-0.05, 0) is 37.9 Å². The van der Waals surface area contributed by atoms with Gasteiger partial charge in [-0.15, -0.1) is 0 Å². The Labute approximate surface area is 131 Å². The summed E-state index contributed by atoms with van der Waals surface area (Å²) in [6, 6.07) is 7.93. The number of aryl methyl sites for hydroxylation is 1. The molecule has 1 amide bonds. The second-order valence-electron chi connectivity index (χ2n) is 5.90. The molecule has 1 aliphatic heterocycles. The van der Waals surface area contributed by atoms with Gasteiger partial charge < -0.3 is 16.0 Å². The van der Waals surface area contributed by atoms with Crippen LogP contribution < -0.4 is 11.1 Å². The van der Waals surface area contributed by atoms with Crippen molar-refractivity contribution in [3.63, 3.8) is 0 Å². The van der Waals surface area contributed by atoms with E-state index in [0.29, 0.717) is 11.4 Å². The van der Waals surface area contributed by atoms with Gasteiger partial charge in [0.05, 0.1) is 16.9 Å². The van der Waals surface area contributed by atoms with E-state index in [-0.39, 0.29) is 5.91 Å². The lowest BCUT2D eigenvalue weighted by atomic mass is 9.87. The summed E-state index contributed by atoms with van der Waals surface area (Å²) >= 11 is 5.22. The van der Waals surface area contributed by atoms with Crippen molar-refractivity contribution in [3.05, 3.63) is 35.4 Å². The fraction of sp³-hybridized carbons (Fsp3) is 0.500. The molecule has 1 fully saturated rings. The topological polar surface area (TPSA) is 58.4 Å². The van der Waals surface area contributed by atoms with Crippen molar-refractivity contribution in [2.75, 3.05) is 20.1 Å². The van der Waals surface area contributed by atoms with Crippen molar-refractivity contribution in [1.29, 1.82) is 0 Å². The van der Waals surface area contributed by atoms with Crippen molar-refractivity contribution < 1.29 is 4.79 Å². The van der Waals surface area contributed by atoms with Crippen LogP contribution in [0.1, 0.15) is 24.0 Å². The molecule has 1 aliphatic rings. The number of hydrogen-bond donors (Lipinski definition) is 2. The Morgan fingerprint density at radius 1 is 1.38 bits per heavy atom. The molecule has 0 bridgehead atoms. The number of rotatable bonds is 4. The van der Waals surface area contributed by atoms with E-state index < -0.39 is 5.54 Å². The molecule has 5 heteroatoms. The Balaban J connectivity index is 2.06. The van der Waals surface area contributed by atoms with E-state index in [9.17, 15) is 4.79 Å². The largest absolute Gasteiger partial charge is 0.391 e. The van der Waals surface area contributed by atoms with Crippen LogP contribution in [0.15, 0.2) is 24.3 Å². The second kappa shape index (κ2) is 6.54. The maximum atomic E-state index is 12.4. The van der Waals surface area contributed by atoms with Crippen LogP contribution in [0.2, 0.25) is 0 Å². The van der Waals surface area contributed by atoms with Crippen LogP contribution in [0.4, 0.5) is 0 Å². The fourth-order valence-electron chi connectivity index (χ4n) is 2.73. The van der Waals surface area contributed by atoms with E-state index in [1.54, 1.807) is 0 Å². The molecule has 0 aliphatic carbocycles. The molecule has 0 aromatic heterocycles. The van der Waals surface area contributed by atoms with E-state index in [4.69, 9.17) is 18.0 Å². The summed E-state index contributed by atoms with van der Waals surface area (Å²) in [5, 5.41) is 3.10. The number of nitrogens with zero attached hydrogens (tertiary/aromatic N) is 1. The highest BCUT2D eigenvalue weighted by Crippen LogP contribution is 2.22. The predicted molar refractivity (Wildman–Crippen MR) is 89.3 cm³/mol. The van der Waals surface area contributed by atoms with Gasteiger partial charge in [0.1, 0.15) is 0 Å². The molecule has 0 spiro atoms. The maximum Gasteiger partial charge on any atom is 0.225 e. The number of likely N-dealkylation sites (tertiary alicyclic amines) is 1. The molecule has 0 unspecified atom stereocenters. The number of carbonyl (C=O) groups excluding carboxylic acids is 1. The minimum Gasteiger partial charge on any atom is -0.391 e. The second-order valence-corrected chi connectivity index (χ2v) is 6.34. The number of nitrogens with one attached hydrogen (secondary N) is 1. The lowest BCUT2D eigenvalue weighted by Gasteiger charge is -2.40. The third kappa shape index (κ3) is 3.80. The summed E-state index contributed by atoms with van der Waals surface area (Å²) in [4.78, 5) is 15.0. The fourth-order valence-corrected chi connectivity index (χ4v) is 2.98. The Morgan fingerprint density at radius 3 is 2.57 bits per heavy atom. The molecule has 0 atom stereocenters. The lowest BCUT2D eigenvalue weighted by Crippen LogP contribution is -2.61. The van der Waals surface area contributed by atoms with Gasteiger partial charge in [0.2, 0.25) is 5.91 Å². The average Bonchev–Trinajstić information content (AvgIpc) is 2.44. The van der Waals surface area contributed by atoms with Gasteiger partial charge in [-0.3, -0.25) is 4.79 Å². The molecule has 114 valence electrons. The van der Waals surface area contributed by atoms with Gasteiger partial charge in [-0.1, -0.05) is 36.5 Å². The number of benzene rings is 1. The molecule has 1 heterocycles. The zero-order valence-corrected chi connectivity index (χ0v) is 13.5. The van der Waals surface area contributed by atoms with Crippen molar-refractivity contribution in [3.8, 4) is 0 Å². The first-order chi connectivity index (χ1) is 9.93. The Kier molecular flexibility index (Phi) is 4.96. The van der Waals surface area contributed by atoms with E-state index in [1.807, 2.05) is 31.2 Å². The van der Waals surface area contributed by atoms with Gasteiger partial charge in [0.25, 0.3) is 0 Å². The van der Waals surface area contributed by atoms with Crippen LogP contribution in [-0.2, 0) is 11.2 Å². The highest BCUT2D eigenvalue weighted by molar-refractivity contribution is 7.80. The third-order valence-corrected chi connectivity index (χ3v) is 4.69. The third-order valence-electron chi connectivity index (χ3n) is 4.30. The normalized spacial score (nSPS) is 18.2. The molecule has 1 aromatic carbocycles. The van der Waals surface area contributed by atoms with Gasteiger partial charge in [-0.2, -0.15) is 0 Å². The average molecular weight is 305 g/mol. The van der Waals surface area contributed by atoms with E-state index in [1.165, 1.54) is 0 Å². The van der Waals surface area contributed by atoms with Crippen LogP contribution >= 0.6 is 12.2 Å². The molecule has 1 aromatic rings. The van der Waals surface area contributed by atoms with Crippen LogP contribution in [0.5, 0.6) is 0 Å². The van der Waals surface area contributed by atoms with E-state index in [0.717, 1.165) is 37.1 Å². The number of nitrogens with two attached hydrogens (primary N) is 1. The molecular formula is C16H23N3OS. The molecule has 2 rings (SSSR count). The summed E-state index contributed by atoms with van der Waals surface area (Å²) in [6.45, 7) is 3.80. The smallest absolute Gasteiger partial charge is 0.225 e. The minimum absolute atomic E-state index is 0.0124. The van der Waals surface area contributed by atoms with Crippen molar-refractivity contribution in [1.82, 2.24) is 10.2 Å². The standard InChI is InChI=1S/C16H23N3OS/c1-12-5-3-4-6-13(12)11-14(20)18-16(15(17)21)7-9-19(2)10-8-16/h3-6H,7-11H2,1-2H3,(H2,17,21)(H,18,20). The molecule has 4 nitrogen and oxygen atoms in total. The molecule has 3 N–H and O–H groups in total. The number of hydrogen-bond acceptors (Lipinski definition) is 3. The van der Waals surface area contributed by atoms with E-state index in [2.05, 4.69) is 17.3 Å². The summed E-state index contributed by atoms with van der Waals surface area (Å²) in [7, 11) is 2.07. The van der Waals surface area contributed by atoms with Crippen LogP contribution in [0.25, 0.3) is 0 Å². The molecule has 0 radical (unpaired) electrons. The van der Waals surface area contributed by atoms with Crippen LogP contribution in [-0.4, -0.2) is 41.5 Å². The molecular weight excluding hydrogens is 282 g/mol. The van der Waals surface area contributed by atoms with E-state index >= 15 is 0 Å². The zero-order chi connectivity index (χ0) is 15.5. The van der Waals surface area contributed by atoms with Crippen molar-refractivity contribution in [2.45, 2.75) is 31.7 Å². The van der Waals surface area contributed by atoms with Gasteiger partial charge in [0.15, 0.2) is 0 Å². The number of amides is 1. The van der Waals surface area contributed by atoms with Gasteiger partial charge in [-0.25, -0.2) is 0 Å². The monoisotopic (exact) mass is 305 g/mol. The van der Waals surface area contributed by atoms with Crippen LogP contribution in [0.3, 0.4) is 0 Å². The Bertz CT molecular complexity index is 536. The number of carbonyl (C=O) groups is 1. The number of thiocarbonyl (C=S) groups is 1. The first-order valence-corrected chi connectivity index (χ1v) is 7.68. The van der Waals surface area contributed by atoms with Gasteiger partial charge in [0, 0.05) is 13.1 Å². The highest BCUT2D eigenvalue weighted by atomic mass is 32.1. The summed E-state index contributed by atoms with van der Waals surface area (Å²) in [5.41, 5.74) is 7.56.